The van der Waals surface area contributed by atoms with Crippen LogP contribution < -0.4 is 10.6 Å². The number of nitrogens with one attached hydrogen (secondary N) is 3. The Kier molecular flexibility index (Phi) is 4.33. The van der Waals surface area contributed by atoms with E-state index in [1.807, 2.05) is 0 Å². The van der Waals surface area contributed by atoms with E-state index in [0.717, 1.165) is 0 Å². The summed E-state index contributed by atoms with van der Waals surface area (Å²) < 4.78 is 0. The summed E-state index contributed by atoms with van der Waals surface area (Å²) in [4.78, 5) is 34.8. The first-order chi connectivity index (χ1) is 9.97. The molecule has 0 saturated heterocycles. The van der Waals surface area contributed by atoms with Crippen molar-refractivity contribution in [2.45, 2.75) is 13.0 Å². The van der Waals surface area contributed by atoms with E-state index in [1.54, 1.807) is 17.5 Å². The molecule has 0 fully saturated rings. The second-order valence-electron chi connectivity index (χ2n) is 4.13. The average molecular weight is 308 g/mol. The molecule has 2 rings (SSSR count). The summed E-state index contributed by atoms with van der Waals surface area (Å²) in [5.41, 5.74) is -0.138. The van der Waals surface area contributed by atoms with Crippen molar-refractivity contribution >= 4 is 34.9 Å². The summed E-state index contributed by atoms with van der Waals surface area (Å²) in [5, 5.41) is 21.3. The van der Waals surface area contributed by atoms with Crippen LogP contribution in [0, 0.1) is 0 Å². The lowest BCUT2D eigenvalue weighted by Crippen LogP contribution is -2.41. The van der Waals surface area contributed by atoms with Crippen molar-refractivity contribution in [3.8, 4) is 0 Å². The van der Waals surface area contributed by atoms with E-state index < -0.39 is 17.9 Å². The molecule has 2 aromatic heterocycles. The van der Waals surface area contributed by atoms with Gasteiger partial charge in [-0.1, -0.05) is 6.07 Å². The third-order valence-electron chi connectivity index (χ3n) is 2.55. The number of nitrogens with zero attached hydrogens (tertiary/aromatic N) is 1. The van der Waals surface area contributed by atoms with Crippen molar-refractivity contribution in [2.75, 3.05) is 5.32 Å². The van der Waals surface area contributed by atoms with Gasteiger partial charge in [0, 0.05) is 6.07 Å². The van der Waals surface area contributed by atoms with Crippen LogP contribution in [0.2, 0.25) is 0 Å². The summed E-state index contributed by atoms with van der Waals surface area (Å²) in [6, 6.07) is 3.79. The van der Waals surface area contributed by atoms with Crippen molar-refractivity contribution in [2.24, 2.45) is 0 Å². The number of hydrogen-bond acceptors (Lipinski definition) is 5. The molecule has 0 radical (unpaired) electrons. The Balaban J connectivity index is 1.93. The first-order valence-electron chi connectivity index (χ1n) is 5.91. The number of carboxylic acid groups (broad SMARTS) is 1. The van der Waals surface area contributed by atoms with Crippen LogP contribution >= 0.6 is 11.3 Å². The van der Waals surface area contributed by atoms with E-state index in [1.165, 1.54) is 24.3 Å². The number of hydrogen-bond donors (Lipinski definition) is 4. The van der Waals surface area contributed by atoms with E-state index in [4.69, 9.17) is 5.11 Å². The number of aromatic amines is 1. The molecule has 2 amide bonds. The quantitative estimate of drug-likeness (QED) is 0.654. The normalized spacial score (nSPS) is 11.7. The van der Waals surface area contributed by atoms with Crippen molar-refractivity contribution in [1.82, 2.24) is 15.5 Å². The van der Waals surface area contributed by atoms with Crippen LogP contribution in [0.5, 0.6) is 0 Å². The molecule has 0 aliphatic rings. The van der Waals surface area contributed by atoms with Gasteiger partial charge in [0.2, 0.25) is 5.91 Å². The summed E-state index contributed by atoms with van der Waals surface area (Å²) in [5.74, 6) is -1.94. The van der Waals surface area contributed by atoms with Gasteiger partial charge in [-0.25, -0.2) is 4.79 Å². The fourth-order valence-corrected chi connectivity index (χ4v) is 2.10. The highest BCUT2D eigenvalue weighted by molar-refractivity contribution is 7.12. The fourth-order valence-electron chi connectivity index (χ4n) is 1.47. The van der Waals surface area contributed by atoms with Crippen LogP contribution in [0.4, 0.5) is 5.82 Å². The number of carbonyl (C=O) groups excluding carboxylic acids is 2. The van der Waals surface area contributed by atoms with Crippen molar-refractivity contribution in [3.05, 3.63) is 34.2 Å². The summed E-state index contributed by atoms with van der Waals surface area (Å²) in [6.07, 6.45) is 0. The van der Waals surface area contributed by atoms with Gasteiger partial charge in [0.05, 0.1) is 4.88 Å². The van der Waals surface area contributed by atoms with E-state index in [0.29, 0.717) is 4.88 Å². The number of amides is 2. The number of aromatic nitrogens is 2. The highest BCUT2D eigenvalue weighted by Crippen LogP contribution is 2.09. The third-order valence-corrected chi connectivity index (χ3v) is 3.41. The second kappa shape index (κ2) is 6.18. The van der Waals surface area contributed by atoms with Gasteiger partial charge in [0.1, 0.15) is 11.7 Å². The van der Waals surface area contributed by atoms with Crippen molar-refractivity contribution < 1.29 is 19.5 Å². The average Bonchev–Trinajstić information content (AvgIpc) is 3.09. The fraction of sp³-hybridized carbons (Fsp3) is 0.167. The van der Waals surface area contributed by atoms with Gasteiger partial charge in [0.25, 0.3) is 5.91 Å². The molecule has 0 spiro atoms. The molecule has 2 aromatic rings. The van der Waals surface area contributed by atoms with Crippen LogP contribution in [-0.4, -0.2) is 39.1 Å². The van der Waals surface area contributed by atoms with Gasteiger partial charge in [-0.05, 0) is 18.4 Å². The highest BCUT2D eigenvalue weighted by atomic mass is 32.1. The Morgan fingerprint density at radius 1 is 1.43 bits per heavy atom. The smallest absolute Gasteiger partial charge is 0.353 e. The molecule has 0 aromatic carbocycles. The number of thiophene rings is 1. The summed E-state index contributed by atoms with van der Waals surface area (Å²) in [7, 11) is 0. The van der Waals surface area contributed by atoms with Crippen LogP contribution in [0.15, 0.2) is 23.6 Å². The van der Waals surface area contributed by atoms with Crippen LogP contribution in [0.3, 0.4) is 0 Å². The van der Waals surface area contributed by atoms with Gasteiger partial charge in [-0.3, -0.25) is 14.7 Å². The molecule has 1 atom stereocenters. The van der Waals surface area contributed by atoms with Gasteiger partial charge >= 0.3 is 5.97 Å². The molecule has 0 aliphatic heterocycles. The number of anilines is 1. The number of H-pyrrole nitrogens is 1. The largest absolute Gasteiger partial charge is 0.477 e. The maximum atomic E-state index is 11.9. The maximum absolute atomic E-state index is 11.9. The predicted molar refractivity (Wildman–Crippen MR) is 75.4 cm³/mol. The zero-order valence-electron chi connectivity index (χ0n) is 10.9. The van der Waals surface area contributed by atoms with Crippen molar-refractivity contribution in [3.63, 3.8) is 0 Å². The molecule has 9 heteroatoms. The lowest BCUT2D eigenvalue weighted by molar-refractivity contribution is -0.117. The van der Waals surface area contributed by atoms with E-state index in [2.05, 4.69) is 20.8 Å². The van der Waals surface area contributed by atoms with Gasteiger partial charge < -0.3 is 15.7 Å². The minimum absolute atomic E-state index is 0.0784. The standard InChI is InChI=1S/C12H12N4O4S/c1-6(13-11(18)8-3-2-4-21-8)10(17)14-9-5-7(12(19)20)15-16-9/h2-6H,1H3,(H,13,18)(H,19,20)(H2,14,15,16,17). The Morgan fingerprint density at radius 2 is 2.19 bits per heavy atom. The minimum Gasteiger partial charge on any atom is -0.477 e. The SMILES string of the molecule is CC(NC(=O)c1cccs1)C(=O)Nc1cc(C(=O)O)[nH]n1. The van der Waals surface area contributed by atoms with Crippen LogP contribution in [-0.2, 0) is 4.79 Å². The molecule has 110 valence electrons. The number of carboxylic acids is 1. The lowest BCUT2D eigenvalue weighted by atomic mass is 10.3. The van der Waals surface area contributed by atoms with Crippen molar-refractivity contribution in [1.29, 1.82) is 0 Å². The van der Waals surface area contributed by atoms with Crippen LogP contribution in [0.25, 0.3) is 0 Å². The number of rotatable bonds is 5. The Labute approximate surface area is 123 Å². The second-order valence-corrected chi connectivity index (χ2v) is 5.08. The first kappa shape index (κ1) is 14.7. The van der Waals surface area contributed by atoms with Crippen LogP contribution in [0.1, 0.15) is 27.1 Å². The molecule has 0 bridgehead atoms. The van der Waals surface area contributed by atoms with E-state index in [-0.39, 0.29) is 17.4 Å². The third kappa shape index (κ3) is 3.66. The number of aromatic carboxylic acids is 1. The lowest BCUT2D eigenvalue weighted by Gasteiger charge is -2.12. The summed E-state index contributed by atoms with van der Waals surface area (Å²) >= 11 is 1.27. The Hall–Kier alpha value is -2.68. The minimum atomic E-state index is -1.18. The van der Waals surface area contributed by atoms with Gasteiger partial charge in [-0.2, -0.15) is 5.10 Å². The van der Waals surface area contributed by atoms with Gasteiger partial charge in [-0.15, -0.1) is 11.3 Å². The Bertz CT molecular complexity index is 665. The molecule has 1 unspecified atom stereocenters. The number of carbonyl (C=O) groups is 3. The summed E-state index contributed by atoms with van der Waals surface area (Å²) in [6.45, 7) is 1.52. The topological polar surface area (TPSA) is 124 Å². The molecule has 2 heterocycles. The van der Waals surface area contributed by atoms with E-state index >= 15 is 0 Å². The molecule has 21 heavy (non-hydrogen) atoms. The molecular formula is C12H12N4O4S. The Morgan fingerprint density at radius 3 is 2.76 bits per heavy atom. The van der Waals surface area contributed by atoms with Gasteiger partial charge in [0.15, 0.2) is 5.82 Å². The highest BCUT2D eigenvalue weighted by Gasteiger charge is 2.18. The zero-order chi connectivity index (χ0) is 15.4. The molecule has 8 nitrogen and oxygen atoms in total. The first-order valence-corrected chi connectivity index (χ1v) is 6.79. The zero-order valence-corrected chi connectivity index (χ0v) is 11.7. The monoisotopic (exact) mass is 308 g/mol. The maximum Gasteiger partial charge on any atom is 0.353 e. The molecule has 4 N–H and O–H groups in total. The van der Waals surface area contributed by atoms with E-state index in [9.17, 15) is 14.4 Å². The molecular weight excluding hydrogens is 296 g/mol. The molecule has 0 aliphatic carbocycles. The molecule has 0 saturated carbocycles. The predicted octanol–water partition coefficient (Wildman–Crippen LogP) is 0.926.